The van der Waals surface area contributed by atoms with E-state index in [0.717, 1.165) is 110 Å². The topological polar surface area (TPSA) is 450 Å². The molecule has 1 atom stereocenters. The summed E-state index contributed by atoms with van der Waals surface area (Å²) in [6, 6.07) is 9.21. The molecule has 2 aliphatic rings. The van der Waals surface area contributed by atoms with E-state index in [1.54, 1.807) is 44.0 Å². The third kappa shape index (κ3) is 28.9. The SMILES string of the molecule is CCN(CC)CCN(C)Cn1cnnn1.Cc1cn(CN2CCC(O)CC2)nn1.OCCN(C(c1ccccc1)n1cnnn1)C(CO)(CO)CO.OCCN(CCO)Cn1ccnn1.OCCN(CCO)Cn1cnnn1.c1nnnn1CN1CCOCC1. The van der Waals surface area contributed by atoms with Gasteiger partial charge in [0.1, 0.15) is 31.5 Å². The van der Waals surface area contributed by atoms with E-state index in [9.17, 15) is 25.5 Å². The van der Waals surface area contributed by atoms with Gasteiger partial charge in [0.2, 0.25) is 0 Å². The number of likely N-dealkylation sites (tertiary alicyclic amines) is 1. The molecule has 0 saturated carbocycles. The molecule has 0 bridgehead atoms. The highest BCUT2D eigenvalue weighted by atomic mass is 16.5. The molecule has 6 aromatic heterocycles. The van der Waals surface area contributed by atoms with Gasteiger partial charge in [-0.25, -0.2) is 28.1 Å². The maximum absolute atomic E-state index is 9.76. The first-order valence-corrected chi connectivity index (χ1v) is 29.7. The normalized spacial score (nSPS) is 14.3. The number of tetrazole rings is 4. The van der Waals surface area contributed by atoms with Crippen molar-refractivity contribution in [1.29, 1.82) is 0 Å². The number of piperidine rings is 1. The zero-order chi connectivity index (χ0) is 65.0. The standard InChI is InChI=1S/C14H21N5O4.C9H20N6.C9H16N4O.C7H14N4O2.C6H13N5O2.C6H11N5O/c20-7-6-18(14(8-21,9-22)10-23)13(19-11-15-16-17-19)12-4-2-1-3-5-12;1-4-14(5-2)7-6-13(3)9-15-8-10-11-12-15;1-8-6-13(11-10-8)7-12-4-2-9(14)3-5-12;12-5-3-10(4-6-13)7-11-2-1-8-9-11;12-3-1-10(2-4-13)6-11-5-7-8-9-11;1-3-12-4-2-10(1)6-11-5-7-8-9-11/h1-5,11,13,20-23H,6-10H2;8H,4-7,9H2,1-3H3;6,9,14H,2-5,7H2,1H3;1-2,12-13H,3-7H2;5,12-13H,1-4,6H2;5H,1-4,6H2. The summed E-state index contributed by atoms with van der Waals surface area (Å²) in [6.45, 7) is 20.1. The van der Waals surface area contributed by atoms with Crippen molar-refractivity contribution in [1.82, 2.24) is 145 Å². The number of hydrogen-bond acceptors (Lipinski definition) is 33. The molecule has 2 aliphatic heterocycles. The first kappa shape index (κ1) is 75.6. The lowest BCUT2D eigenvalue weighted by atomic mass is 9.97. The Kier molecular flexibility index (Phi) is 38.1. The number of aryl methyl sites for hydroxylation is 1. The molecule has 9 rings (SSSR count). The molecular weight excluding hydrogens is 1180 g/mol. The second-order valence-corrected chi connectivity index (χ2v) is 20.6. The molecule has 0 amide bonds. The fourth-order valence-electron chi connectivity index (χ4n) is 8.90. The lowest BCUT2D eigenvalue weighted by Gasteiger charge is -2.44. The van der Waals surface area contributed by atoms with Crippen LogP contribution in [-0.2, 0) is 38.1 Å². The van der Waals surface area contributed by atoms with Gasteiger partial charge in [-0.05, 0) is 87.2 Å². The van der Waals surface area contributed by atoms with Gasteiger partial charge in [0.15, 0.2) is 0 Å². The molecule has 2 fully saturated rings. The second-order valence-electron chi connectivity index (χ2n) is 20.6. The number of hydrogen-bond donors (Lipinski definition) is 9. The Bertz CT molecular complexity index is 2600. The van der Waals surface area contributed by atoms with Gasteiger partial charge in [0.25, 0.3) is 0 Å². The Hall–Kier alpha value is -6.90. The molecule has 0 aliphatic carbocycles. The smallest absolute Gasteiger partial charge is 0.140 e. The fourth-order valence-corrected chi connectivity index (χ4v) is 8.90. The summed E-state index contributed by atoms with van der Waals surface area (Å²) in [7, 11) is 2.07. The number of benzene rings is 1. The minimum absolute atomic E-state index is 0.0577. The van der Waals surface area contributed by atoms with Gasteiger partial charge in [-0.3, -0.25) is 29.4 Å². The number of aromatic nitrogens is 22. The van der Waals surface area contributed by atoms with E-state index in [-0.39, 0.29) is 45.7 Å². The quantitative estimate of drug-likeness (QED) is 0.0189. The van der Waals surface area contributed by atoms with E-state index in [1.807, 2.05) is 57.9 Å². The number of morpholine rings is 1. The van der Waals surface area contributed by atoms with E-state index < -0.39 is 31.5 Å². The summed E-state index contributed by atoms with van der Waals surface area (Å²) < 4.78 is 15.1. The lowest BCUT2D eigenvalue weighted by molar-refractivity contribution is -0.0830. The lowest BCUT2D eigenvalue weighted by Crippen LogP contribution is -2.60. The summed E-state index contributed by atoms with van der Waals surface area (Å²) in [5.74, 6) is 0. The van der Waals surface area contributed by atoms with Crippen molar-refractivity contribution in [2.45, 2.75) is 84.8 Å². The Morgan fingerprint density at radius 1 is 0.544 bits per heavy atom. The molecule has 39 nitrogen and oxygen atoms in total. The van der Waals surface area contributed by atoms with E-state index in [2.05, 4.69) is 123 Å². The van der Waals surface area contributed by atoms with Crippen LogP contribution in [-0.4, -0.2) is 361 Å². The highest BCUT2D eigenvalue weighted by Gasteiger charge is 2.41. The van der Waals surface area contributed by atoms with Gasteiger partial charge in [-0.2, -0.15) is 0 Å². The largest absolute Gasteiger partial charge is 0.395 e. The van der Waals surface area contributed by atoms with Crippen molar-refractivity contribution in [3.8, 4) is 0 Å². The zero-order valence-electron chi connectivity index (χ0n) is 52.2. The number of nitrogens with zero attached hydrogens (tertiary/aromatic N) is 29. The van der Waals surface area contributed by atoms with Crippen LogP contribution in [0.4, 0.5) is 0 Å². The van der Waals surface area contributed by atoms with Crippen molar-refractivity contribution in [2.24, 2.45) is 0 Å². The number of β-amino-alcohol motifs (C(OH)–C–C–N with tert-alkyl or cyclic N) is 1. The van der Waals surface area contributed by atoms with Crippen molar-refractivity contribution >= 4 is 0 Å². The second kappa shape index (κ2) is 45.4. The zero-order valence-corrected chi connectivity index (χ0v) is 52.2. The summed E-state index contributed by atoms with van der Waals surface area (Å²) in [6.07, 6.45) is 12.4. The van der Waals surface area contributed by atoms with E-state index in [0.29, 0.717) is 39.5 Å². The molecule has 90 heavy (non-hydrogen) atoms. The van der Waals surface area contributed by atoms with Crippen LogP contribution in [0, 0.1) is 6.92 Å². The Morgan fingerprint density at radius 3 is 1.52 bits per heavy atom. The average molecular weight is 1270 g/mol. The van der Waals surface area contributed by atoms with Gasteiger partial charge < -0.3 is 55.6 Å². The summed E-state index contributed by atoms with van der Waals surface area (Å²) in [5, 5.41) is 142. The number of rotatable bonds is 32. The van der Waals surface area contributed by atoms with Gasteiger partial charge in [-0.15, -0.1) is 30.6 Å². The fraction of sp³-hybridized carbons (Fsp3) is 0.725. The van der Waals surface area contributed by atoms with Crippen LogP contribution in [0.1, 0.15) is 44.1 Å². The minimum atomic E-state index is -1.34. The average Bonchev–Trinajstić information content (AvgIpc) is 1.60. The predicted molar refractivity (Wildman–Crippen MR) is 320 cm³/mol. The van der Waals surface area contributed by atoms with Crippen molar-refractivity contribution < 1.29 is 50.7 Å². The molecule has 1 unspecified atom stereocenters. The van der Waals surface area contributed by atoms with Crippen LogP contribution in [0.2, 0.25) is 0 Å². The molecule has 1 aromatic carbocycles. The van der Waals surface area contributed by atoms with Crippen LogP contribution >= 0.6 is 0 Å². The molecule has 39 heteroatoms. The van der Waals surface area contributed by atoms with E-state index in [4.69, 9.17) is 25.2 Å². The number of ether oxygens (including phenoxy) is 1. The first-order valence-electron chi connectivity index (χ1n) is 29.7. The first-order chi connectivity index (χ1) is 43.9. The van der Waals surface area contributed by atoms with Crippen molar-refractivity contribution in [3.63, 3.8) is 0 Å². The van der Waals surface area contributed by atoms with Crippen molar-refractivity contribution in [2.75, 3.05) is 158 Å². The van der Waals surface area contributed by atoms with Crippen LogP contribution in [0.3, 0.4) is 0 Å². The molecule has 9 N–H and O–H groups in total. The monoisotopic (exact) mass is 1270 g/mol. The van der Waals surface area contributed by atoms with Gasteiger partial charge in [0, 0.05) is 84.4 Å². The summed E-state index contributed by atoms with van der Waals surface area (Å²) in [5.41, 5.74) is 0.393. The third-order valence-corrected chi connectivity index (χ3v) is 13.9. The minimum Gasteiger partial charge on any atom is -0.395 e. The molecule has 0 spiro atoms. The number of aliphatic hydroxyl groups excluding tert-OH is 9. The highest BCUT2D eigenvalue weighted by Crippen LogP contribution is 2.29. The van der Waals surface area contributed by atoms with Crippen molar-refractivity contribution in [3.05, 3.63) is 85.5 Å². The number of aliphatic hydroxyl groups is 9. The maximum atomic E-state index is 9.76. The molecule has 0 radical (unpaired) electrons. The molecule has 8 heterocycles. The summed E-state index contributed by atoms with van der Waals surface area (Å²) >= 11 is 0. The molecule has 2 saturated heterocycles. The molecule has 504 valence electrons. The van der Waals surface area contributed by atoms with Crippen LogP contribution in [0.5, 0.6) is 0 Å². The Morgan fingerprint density at radius 2 is 1.06 bits per heavy atom. The summed E-state index contributed by atoms with van der Waals surface area (Å²) in [4.78, 5) is 14.5. The van der Waals surface area contributed by atoms with Crippen LogP contribution < -0.4 is 0 Å². The maximum Gasteiger partial charge on any atom is 0.140 e. The predicted octanol–water partition coefficient (Wildman–Crippen LogP) is -6.46. The van der Waals surface area contributed by atoms with Gasteiger partial charge >= 0.3 is 0 Å². The third-order valence-electron chi connectivity index (χ3n) is 13.9. The highest BCUT2D eigenvalue weighted by molar-refractivity contribution is 5.20. The number of likely N-dealkylation sites (N-methyl/N-ethyl adjacent to an activating group) is 2. The Labute approximate surface area is 522 Å². The van der Waals surface area contributed by atoms with Crippen LogP contribution in [0.25, 0.3) is 0 Å². The van der Waals surface area contributed by atoms with Crippen LogP contribution in [0.15, 0.2) is 74.2 Å². The van der Waals surface area contributed by atoms with E-state index in [1.165, 1.54) is 22.0 Å². The van der Waals surface area contributed by atoms with E-state index >= 15 is 0 Å². The Balaban J connectivity index is 0.000000234. The van der Waals surface area contributed by atoms with Gasteiger partial charge in [0.05, 0.1) is 123 Å². The molecular formula is C51H95N29O10. The van der Waals surface area contributed by atoms with Gasteiger partial charge in [-0.1, -0.05) is 54.6 Å². The molecule has 7 aromatic rings.